The van der Waals surface area contributed by atoms with Gasteiger partial charge in [0, 0.05) is 0 Å². The lowest BCUT2D eigenvalue weighted by atomic mass is 10.4. The molecule has 1 atom stereocenters. The first-order valence-electron chi connectivity index (χ1n) is 5.94. The minimum absolute atomic E-state index is 0.725. The van der Waals surface area contributed by atoms with Crippen molar-refractivity contribution in [1.29, 1.82) is 0 Å². The van der Waals surface area contributed by atoms with Crippen molar-refractivity contribution in [3.05, 3.63) is 12.7 Å². The Morgan fingerprint density at radius 2 is 1.07 bits per heavy atom. The molecule has 14 heavy (non-hydrogen) atoms. The van der Waals surface area contributed by atoms with Crippen LogP contribution in [0.4, 0.5) is 0 Å². The summed E-state index contributed by atoms with van der Waals surface area (Å²) in [5.41, 5.74) is 3.25. The van der Waals surface area contributed by atoms with E-state index in [1.54, 1.807) is 0 Å². The van der Waals surface area contributed by atoms with Crippen LogP contribution in [0, 0.1) is 0 Å². The summed E-state index contributed by atoms with van der Waals surface area (Å²) in [7, 11) is -1.25. The average molecular weight is 212 g/mol. The molecule has 0 nitrogen and oxygen atoms in total. The van der Waals surface area contributed by atoms with Crippen LogP contribution >= 0.6 is 0 Å². The third-order valence-corrected chi connectivity index (χ3v) is 12.0. The predicted molar refractivity (Wildman–Crippen MR) is 70.7 cm³/mol. The van der Waals surface area contributed by atoms with Crippen LogP contribution < -0.4 is 0 Å². The minimum atomic E-state index is -1.25. The largest absolute Gasteiger partial charge is 0.103 e. The maximum Gasteiger partial charge on any atom is 0.0678 e. The Balaban J connectivity index is 5.26. The lowest BCUT2D eigenvalue weighted by molar-refractivity contribution is 0.775. The Kier molecular flexibility index (Phi) is 5.14. The van der Waals surface area contributed by atoms with Gasteiger partial charge in [-0.3, -0.25) is 0 Å². The molecule has 1 heteroatoms. The fourth-order valence-corrected chi connectivity index (χ4v) is 11.3. The first-order chi connectivity index (χ1) is 6.31. The van der Waals surface area contributed by atoms with E-state index in [4.69, 9.17) is 0 Å². The SMILES string of the molecule is C=CC(C)[Si](C(C)C)(C(C)C)C(C)C. The molecular weight excluding hydrogens is 184 g/mol. The highest BCUT2D eigenvalue weighted by Gasteiger charge is 2.45. The van der Waals surface area contributed by atoms with Crippen molar-refractivity contribution in [2.45, 2.75) is 70.6 Å². The van der Waals surface area contributed by atoms with Crippen molar-refractivity contribution in [2.24, 2.45) is 0 Å². The Bertz CT molecular complexity index is 158. The summed E-state index contributed by atoms with van der Waals surface area (Å²) in [6.07, 6.45) is 2.19. The van der Waals surface area contributed by atoms with Crippen LogP contribution in [0.5, 0.6) is 0 Å². The lowest BCUT2D eigenvalue weighted by Crippen LogP contribution is -2.47. The molecule has 0 aromatic rings. The average Bonchev–Trinajstić information content (AvgIpc) is 2.02. The van der Waals surface area contributed by atoms with E-state index in [1.165, 1.54) is 0 Å². The number of hydrogen-bond donors (Lipinski definition) is 0. The standard InChI is InChI=1S/C13H28Si/c1-9-13(8)14(10(2)3,11(4)5)12(6)7/h9-13H,1H2,2-8H3. The van der Waals surface area contributed by atoms with E-state index in [0.717, 1.165) is 22.2 Å². The summed E-state index contributed by atoms with van der Waals surface area (Å²) in [5, 5.41) is 0. The van der Waals surface area contributed by atoms with E-state index in [9.17, 15) is 0 Å². The van der Waals surface area contributed by atoms with Crippen molar-refractivity contribution in [3.63, 3.8) is 0 Å². The van der Waals surface area contributed by atoms with Crippen molar-refractivity contribution in [3.8, 4) is 0 Å². The Morgan fingerprint density at radius 1 is 0.786 bits per heavy atom. The number of rotatable bonds is 5. The third kappa shape index (κ3) is 2.13. The maximum atomic E-state index is 4.01. The Morgan fingerprint density at radius 3 is 1.14 bits per heavy atom. The van der Waals surface area contributed by atoms with Gasteiger partial charge in [-0.1, -0.05) is 71.2 Å². The summed E-state index contributed by atoms with van der Waals surface area (Å²) in [5.74, 6) is 0. The second-order valence-corrected chi connectivity index (χ2v) is 11.9. The molecule has 0 fully saturated rings. The Hall–Kier alpha value is -0.0431. The quantitative estimate of drug-likeness (QED) is 0.432. The van der Waals surface area contributed by atoms with E-state index in [-0.39, 0.29) is 0 Å². The molecule has 0 amide bonds. The minimum Gasteiger partial charge on any atom is -0.103 e. The van der Waals surface area contributed by atoms with Gasteiger partial charge in [-0.05, 0) is 5.54 Å². The molecule has 0 aromatic carbocycles. The van der Waals surface area contributed by atoms with Gasteiger partial charge in [-0.2, -0.15) is 0 Å². The van der Waals surface area contributed by atoms with E-state index < -0.39 is 8.07 Å². The molecule has 0 aromatic heterocycles. The second kappa shape index (κ2) is 5.15. The first kappa shape index (κ1) is 14.0. The molecule has 0 rings (SSSR count). The predicted octanol–water partition coefficient (Wildman–Crippen LogP) is 5.24. The van der Waals surface area contributed by atoms with Gasteiger partial charge in [0.1, 0.15) is 0 Å². The normalized spacial score (nSPS) is 15.3. The van der Waals surface area contributed by atoms with Gasteiger partial charge in [0.15, 0.2) is 0 Å². The topological polar surface area (TPSA) is 0 Å². The maximum absolute atomic E-state index is 4.01. The van der Waals surface area contributed by atoms with Crippen molar-refractivity contribution < 1.29 is 0 Å². The summed E-state index contributed by atoms with van der Waals surface area (Å²) in [6, 6.07) is 0. The highest BCUT2D eigenvalue weighted by molar-refractivity contribution is 6.85. The molecule has 0 aliphatic rings. The third-order valence-electron chi connectivity index (χ3n) is 4.14. The molecule has 0 heterocycles. The van der Waals surface area contributed by atoms with Gasteiger partial charge in [0.25, 0.3) is 0 Å². The molecule has 1 unspecified atom stereocenters. The van der Waals surface area contributed by atoms with Gasteiger partial charge in [-0.15, -0.1) is 6.58 Å². The van der Waals surface area contributed by atoms with Crippen LogP contribution in [0.2, 0.25) is 22.2 Å². The van der Waals surface area contributed by atoms with Crippen LogP contribution in [-0.2, 0) is 0 Å². The number of allylic oxidation sites excluding steroid dienone is 1. The molecule has 0 saturated carbocycles. The van der Waals surface area contributed by atoms with Gasteiger partial charge in [0.2, 0.25) is 0 Å². The van der Waals surface area contributed by atoms with Crippen LogP contribution in [-0.4, -0.2) is 8.07 Å². The van der Waals surface area contributed by atoms with E-state index in [2.05, 4.69) is 61.1 Å². The summed E-state index contributed by atoms with van der Waals surface area (Å²) in [6.45, 7) is 20.8. The zero-order valence-electron chi connectivity index (χ0n) is 11.1. The molecule has 0 spiro atoms. The van der Waals surface area contributed by atoms with Gasteiger partial charge >= 0.3 is 0 Å². The molecular formula is C13H28Si. The van der Waals surface area contributed by atoms with Crippen molar-refractivity contribution in [2.75, 3.05) is 0 Å². The van der Waals surface area contributed by atoms with E-state index in [1.807, 2.05) is 0 Å². The molecule has 0 N–H and O–H groups in total. The van der Waals surface area contributed by atoms with E-state index >= 15 is 0 Å². The monoisotopic (exact) mass is 212 g/mol. The zero-order valence-corrected chi connectivity index (χ0v) is 12.1. The van der Waals surface area contributed by atoms with Gasteiger partial charge in [0.05, 0.1) is 8.07 Å². The van der Waals surface area contributed by atoms with Gasteiger partial charge in [-0.25, -0.2) is 0 Å². The first-order valence-corrected chi connectivity index (χ1v) is 8.25. The van der Waals surface area contributed by atoms with Crippen molar-refractivity contribution in [1.82, 2.24) is 0 Å². The Labute approximate surface area is 91.8 Å². The lowest BCUT2D eigenvalue weighted by Gasteiger charge is -2.47. The van der Waals surface area contributed by atoms with E-state index in [0.29, 0.717) is 0 Å². The van der Waals surface area contributed by atoms with Crippen LogP contribution in [0.3, 0.4) is 0 Å². The fourth-order valence-electron chi connectivity index (χ4n) is 3.78. The van der Waals surface area contributed by atoms with Gasteiger partial charge < -0.3 is 0 Å². The smallest absolute Gasteiger partial charge is 0.0678 e. The highest BCUT2D eigenvalue weighted by Crippen LogP contribution is 2.49. The van der Waals surface area contributed by atoms with Crippen LogP contribution in [0.1, 0.15) is 48.5 Å². The highest BCUT2D eigenvalue weighted by atomic mass is 28.3. The summed E-state index contributed by atoms with van der Waals surface area (Å²) in [4.78, 5) is 0. The number of hydrogen-bond acceptors (Lipinski definition) is 0. The second-order valence-electron chi connectivity index (χ2n) is 5.49. The van der Waals surface area contributed by atoms with Crippen LogP contribution in [0.15, 0.2) is 12.7 Å². The molecule has 0 aliphatic heterocycles. The molecule has 0 saturated heterocycles. The zero-order chi connectivity index (χ0) is 11.5. The molecule has 0 aliphatic carbocycles. The summed E-state index contributed by atoms with van der Waals surface area (Å²) < 4.78 is 0. The molecule has 0 radical (unpaired) electrons. The van der Waals surface area contributed by atoms with Crippen molar-refractivity contribution >= 4 is 8.07 Å². The fraction of sp³-hybridized carbons (Fsp3) is 0.846. The van der Waals surface area contributed by atoms with Crippen LogP contribution in [0.25, 0.3) is 0 Å². The molecule has 84 valence electrons. The summed E-state index contributed by atoms with van der Waals surface area (Å²) >= 11 is 0. The molecule has 0 bridgehead atoms.